The number of imidazole rings is 1. The Bertz CT molecular complexity index is 1080. The van der Waals surface area contributed by atoms with Gasteiger partial charge in [0.1, 0.15) is 11.8 Å². The van der Waals surface area contributed by atoms with Crippen LogP contribution in [0.5, 0.6) is 0 Å². The minimum Gasteiger partial charge on any atom is -0.398 e. The number of carbonyl (C=O) groups is 1. The summed E-state index contributed by atoms with van der Waals surface area (Å²) in [6.07, 6.45) is 0. The van der Waals surface area contributed by atoms with Gasteiger partial charge in [0.05, 0.1) is 11.4 Å². The lowest BCUT2D eigenvalue weighted by molar-refractivity contribution is 0.101. The third kappa shape index (κ3) is 3.41. The molecule has 7 nitrogen and oxygen atoms in total. The Morgan fingerprint density at radius 2 is 1.96 bits per heavy atom. The zero-order valence-corrected chi connectivity index (χ0v) is 14.9. The largest absolute Gasteiger partial charge is 0.398 e. The number of hydrogen-bond donors (Lipinski definition) is 3. The molecule has 3 rings (SSSR count). The average molecular weight is 358 g/mol. The minimum absolute atomic E-state index is 0.168. The molecule has 0 spiro atoms. The Morgan fingerprint density at radius 3 is 2.59 bits per heavy atom. The summed E-state index contributed by atoms with van der Waals surface area (Å²) in [5.74, 6) is -0.215. The van der Waals surface area contributed by atoms with E-state index in [9.17, 15) is 4.79 Å². The van der Waals surface area contributed by atoms with Gasteiger partial charge in [0.25, 0.3) is 5.91 Å². The van der Waals surface area contributed by atoms with Crippen LogP contribution in [0.25, 0.3) is 0 Å². The van der Waals surface area contributed by atoms with Crippen molar-refractivity contribution in [2.45, 2.75) is 6.92 Å². The van der Waals surface area contributed by atoms with E-state index in [1.54, 1.807) is 32.2 Å². The number of aromatic nitrogens is 2. The second kappa shape index (κ2) is 7.14. The predicted molar refractivity (Wildman–Crippen MR) is 104 cm³/mol. The van der Waals surface area contributed by atoms with Gasteiger partial charge in [-0.05, 0) is 25.1 Å². The Labute approximate surface area is 156 Å². The molecule has 0 aliphatic rings. The van der Waals surface area contributed by atoms with Gasteiger partial charge < -0.3 is 15.6 Å². The van der Waals surface area contributed by atoms with Crippen LogP contribution in [-0.4, -0.2) is 21.2 Å². The highest BCUT2D eigenvalue weighted by molar-refractivity contribution is 6.14. The second-order valence-electron chi connectivity index (χ2n) is 6.04. The zero-order chi connectivity index (χ0) is 19.6. The molecule has 7 heteroatoms. The predicted octanol–water partition coefficient (Wildman–Crippen LogP) is 2.85. The van der Waals surface area contributed by atoms with Crippen LogP contribution in [0.2, 0.25) is 0 Å². The first-order valence-electron chi connectivity index (χ1n) is 8.21. The number of nitrogen functional groups attached to an aromatic ring is 1. The van der Waals surface area contributed by atoms with Crippen LogP contribution in [0.4, 0.5) is 11.4 Å². The van der Waals surface area contributed by atoms with E-state index in [1.807, 2.05) is 36.4 Å². The second-order valence-corrected chi connectivity index (χ2v) is 6.04. The molecule has 0 saturated heterocycles. The molecule has 134 valence electrons. The number of nitrogens with two attached hydrogens (primary N) is 1. The number of nitrogens with one attached hydrogen (secondary N) is 2. The molecule has 0 unspecified atom stereocenters. The standard InChI is InChI=1S/C20H18N6O/c1-12-19(26(2)17(11-21)24-12)20(27)25-14-8-9-16(22)15(10-14)18(23)13-6-4-3-5-7-13/h3-10,23H,22H2,1-2H3,(H,25,27). The Morgan fingerprint density at radius 1 is 1.26 bits per heavy atom. The van der Waals surface area contributed by atoms with E-state index < -0.39 is 0 Å². The van der Waals surface area contributed by atoms with E-state index in [4.69, 9.17) is 16.4 Å². The molecule has 4 N–H and O–H groups in total. The summed E-state index contributed by atoms with van der Waals surface area (Å²) in [5.41, 5.74) is 9.30. The van der Waals surface area contributed by atoms with Gasteiger partial charge in [0.2, 0.25) is 5.82 Å². The van der Waals surface area contributed by atoms with Gasteiger partial charge in [0.15, 0.2) is 0 Å². The third-order valence-corrected chi connectivity index (χ3v) is 4.23. The van der Waals surface area contributed by atoms with E-state index in [0.29, 0.717) is 28.3 Å². The first-order valence-corrected chi connectivity index (χ1v) is 8.21. The Kier molecular flexibility index (Phi) is 4.73. The fourth-order valence-electron chi connectivity index (χ4n) is 2.85. The number of carbonyl (C=O) groups excluding carboxylic acids is 1. The van der Waals surface area contributed by atoms with Gasteiger partial charge in [-0.25, -0.2) is 4.98 Å². The monoisotopic (exact) mass is 358 g/mol. The number of rotatable bonds is 4. The van der Waals surface area contributed by atoms with E-state index >= 15 is 0 Å². The highest BCUT2D eigenvalue weighted by Crippen LogP contribution is 2.22. The summed E-state index contributed by atoms with van der Waals surface area (Å²) in [5, 5.41) is 20.3. The molecule has 27 heavy (non-hydrogen) atoms. The molecule has 1 aromatic heterocycles. The molecule has 0 bridgehead atoms. The van der Waals surface area contributed by atoms with Gasteiger partial charge in [-0.15, -0.1) is 0 Å². The maximum atomic E-state index is 12.7. The highest BCUT2D eigenvalue weighted by Gasteiger charge is 2.19. The van der Waals surface area contributed by atoms with Crippen LogP contribution >= 0.6 is 0 Å². The van der Waals surface area contributed by atoms with Gasteiger partial charge in [-0.3, -0.25) is 10.2 Å². The van der Waals surface area contributed by atoms with Crippen molar-refractivity contribution < 1.29 is 4.79 Å². The van der Waals surface area contributed by atoms with Crippen molar-refractivity contribution >= 4 is 23.0 Å². The molecular formula is C20H18N6O. The molecule has 3 aromatic rings. The van der Waals surface area contributed by atoms with Crippen molar-refractivity contribution in [2.24, 2.45) is 7.05 Å². The average Bonchev–Trinajstić information content (AvgIpc) is 2.97. The van der Waals surface area contributed by atoms with Gasteiger partial charge in [-0.1, -0.05) is 30.3 Å². The molecule has 0 saturated carbocycles. The maximum Gasteiger partial charge on any atom is 0.274 e. The van der Waals surface area contributed by atoms with Crippen LogP contribution in [-0.2, 0) is 7.05 Å². The fourth-order valence-corrected chi connectivity index (χ4v) is 2.85. The smallest absolute Gasteiger partial charge is 0.274 e. The normalized spacial score (nSPS) is 10.3. The van der Waals surface area contributed by atoms with Crippen molar-refractivity contribution in [3.63, 3.8) is 0 Å². The molecule has 1 amide bonds. The third-order valence-electron chi connectivity index (χ3n) is 4.23. The van der Waals surface area contributed by atoms with E-state index in [0.717, 1.165) is 5.56 Å². The first-order chi connectivity index (χ1) is 12.9. The Hall–Kier alpha value is -3.92. The Balaban J connectivity index is 1.91. The van der Waals surface area contributed by atoms with Crippen LogP contribution < -0.4 is 11.1 Å². The summed E-state index contributed by atoms with van der Waals surface area (Å²) in [7, 11) is 1.62. The summed E-state index contributed by atoms with van der Waals surface area (Å²) in [4.78, 5) is 16.7. The molecule has 0 aliphatic heterocycles. The van der Waals surface area contributed by atoms with Crippen LogP contribution in [0.15, 0.2) is 48.5 Å². The summed E-state index contributed by atoms with van der Waals surface area (Å²) in [6, 6.07) is 16.2. The number of benzene rings is 2. The first kappa shape index (κ1) is 17.9. The maximum absolute atomic E-state index is 12.7. The van der Waals surface area contributed by atoms with E-state index in [1.165, 1.54) is 4.57 Å². The highest BCUT2D eigenvalue weighted by atomic mass is 16.2. The molecule has 0 fully saturated rings. The summed E-state index contributed by atoms with van der Waals surface area (Å²) < 4.78 is 1.45. The summed E-state index contributed by atoms with van der Waals surface area (Å²) in [6.45, 7) is 1.68. The lowest BCUT2D eigenvalue weighted by atomic mass is 10.0. The van der Waals surface area contributed by atoms with Crippen molar-refractivity contribution in [1.29, 1.82) is 10.7 Å². The SMILES string of the molecule is Cc1nc(C#N)n(C)c1C(=O)Nc1ccc(N)c(C(=N)c2ccccc2)c1. The number of amides is 1. The lowest BCUT2D eigenvalue weighted by Crippen LogP contribution is -2.18. The van der Waals surface area contributed by atoms with Gasteiger partial charge in [-0.2, -0.15) is 5.26 Å². The van der Waals surface area contributed by atoms with Crippen LogP contribution in [0.3, 0.4) is 0 Å². The number of hydrogen-bond acceptors (Lipinski definition) is 5. The van der Waals surface area contributed by atoms with Gasteiger partial charge >= 0.3 is 0 Å². The quantitative estimate of drug-likeness (QED) is 0.490. The number of aryl methyl sites for hydroxylation is 1. The molecule has 1 heterocycles. The fraction of sp³-hybridized carbons (Fsp3) is 0.100. The topological polar surface area (TPSA) is 121 Å². The van der Waals surface area contributed by atoms with Crippen molar-refractivity contribution in [1.82, 2.24) is 9.55 Å². The van der Waals surface area contributed by atoms with Gasteiger partial charge in [0, 0.05) is 29.5 Å². The number of anilines is 2. The molecule has 0 radical (unpaired) electrons. The van der Waals surface area contributed by atoms with Crippen LogP contribution in [0, 0.1) is 23.7 Å². The molecular weight excluding hydrogens is 340 g/mol. The van der Waals surface area contributed by atoms with Crippen molar-refractivity contribution in [3.05, 3.63) is 76.9 Å². The van der Waals surface area contributed by atoms with Crippen molar-refractivity contribution in [2.75, 3.05) is 11.1 Å². The number of nitrogens with zero attached hydrogens (tertiary/aromatic N) is 3. The van der Waals surface area contributed by atoms with Crippen molar-refractivity contribution in [3.8, 4) is 6.07 Å². The lowest BCUT2D eigenvalue weighted by Gasteiger charge is -2.12. The van der Waals surface area contributed by atoms with E-state index in [-0.39, 0.29) is 17.4 Å². The number of nitriles is 1. The zero-order valence-electron chi connectivity index (χ0n) is 14.9. The van der Waals surface area contributed by atoms with Crippen LogP contribution in [0.1, 0.15) is 33.1 Å². The summed E-state index contributed by atoms with van der Waals surface area (Å²) >= 11 is 0. The minimum atomic E-state index is -0.383. The molecule has 0 aliphatic carbocycles. The molecule has 0 atom stereocenters. The molecule has 2 aromatic carbocycles. The van der Waals surface area contributed by atoms with E-state index in [2.05, 4.69) is 10.3 Å².